The van der Waals surface area contributed by atoms with Gasteiger partial charge in [0.2, 0.25) is 0 Å². The smallest absolute Gasteiger partial charge is 0.404 e. The third-order valence-electron chi connectivity index (χ3n) is 5.93. The van der Waals surface area contributed by atoms with Gasteiger partial charge in [0.15, 0.2) is 11.6 Å². The fourth-order valence-corrected chi connectivity index (χ4v) is 4.39. The summed E-state index contributed by atoms with van der Waals surface area (Å²) in [6.07, 6.45) is 0.260. The molecule has 0 radical (unpaired) electrons. The molecule has 1 aromatic heterocycles. The molecule has 0 saturated carbocycles. The minimum atomic E-state index is -1.12. The summed E-state index contributed by atoms with van der Waals surface area (Å²) in [5.41, 5.74) is 0.752. The maximum Gasteiger partial charge on any atom is 0.404 e. The Hall–Kier alpha value is -4.47. The Kier molecular flexibility index (Phi) is 8.43. The molecule has 4 N–H and O–H groups in total. The normalized spacial score (nSPS) is 12.3. The standard InChI is InChI=1S/C26H24ClF2N7O3/c1-2-35-24-19(10-16(27)14-34-24)18-4-3-15(13-30)9-22(18)36(26(35)39)23-20(28)11-17(12-21(23)29)32-7-5-31-6-8-33-25(37)38/h3-4,9-12,14,31-33H,2,5-8H2,1H3,(H,37,38). The second kappa shape index (κ2) is 11.9. The predicted molar refractivity (Wildman–Crippen MR) is 144 cm³/mol. The molecule has 2 heterocycles. The van der Waals surface area contributed by atoms with Gasteiger partial charge < -0.3 is 21.1 Å². The van der Waals surface area contributed by atoms with E-state index in [9.17, 15) is 14.9 Å². The maximum atomic E-state index is 15.6. The minimum Gasteiger partial charge on any atom is -0.465 e. The van der Waals surface area contributed by atoms with E-state index in [0.29, 0.717) is 35.8 Å². The molecule has 39 heavy (non-hydrogen) atoms. The quantitative estimate of drug-likeness (QED) is 0.275. The predicted octanol–water partition coefficient (Wildman–Crippen LogP) is 4.92. The van der Waals surface area contributed by atoms with Crippen LogP contribution in [0.5, 0.6) is 0 Å². The molecular formula is C26H24ClF2N7O3. The van der Waals surface area contributed by atoms with E-state index in [4.69, 9.17) is 16.7 Å². The topological polar surface area (TPSA) is 134 Å². The van der Waals surface area contributed by atoms with Crippen LogP contribution in [0.2, 0.25) is 5.02 Å². The van der Waals surface area contributed by atoms with Crippen molar-refractivity contribution in [2.45, 2.75) is 6.92 Å². The lowest BCUT2D eigenvalue weighted by molar-refractivity contribution is 0.194. The number of fused-ring (bicyclic) bond motifs is 3. The van der Waals surface area contributed by atoms with Crippen molar-refractivity contribution in [3.63, 3.8) is 0 Å². The van der Waals surface area contributed by atoms with E-state index >= 15 is 8.78 Å². The Balaban J connectivity index is 1.69. The molecular weight excluding hydrogens is 532 g/mol. The summed E-state index contributed by atoms with van der Waals surface area (Å²) >= 11 is 6.20. The molecule has 2 aromatic carbocycles. The second-order valence-corrected chi connectivity index (χ2v) is 8.86. The van der Waals surface area contributed by atoms with Gasteiger partial charge in [-0.25, -0.2) is 23.4 Å². The number of pyridine rings is 1. The third-order valence-corrected chi connectivity index (χ3v) is 6.14. The second-order valence-electron chi connectivity index (χ2n) is 8.43. The van der Waals surface area contributed by atoms with Crippen LogP contribution >= 0.6 is 11.6 Å². The summed E-state index contributed by atoms with van der Waals surface area (Å²) in [4.78, 5) is 30.8. The number of aromatic nitrogens is 1. The Morgan fingerprint density at radius 2 is 1.82 bits per heavy atom. The molecule has 0 saturated heterocycles. The van der Waals surface area contributed by atoms with Gasteiger partial charge in [0.05, 0.1) is 22.3 Å². The van der Waals surface area contributed by atoms with Gasteiger partial charge in [0.1, 0.15) is 11.5 Å². The highest BCUT2D eigenvalue weighted by Gasteiger charge is 2.36. The Morgan fingerprint density at radius 1 is 1.10 bits per heavy atom. The van der Waals surface area contributed by atoms with E-state index in [1.165, 1.54) is 17.2 Å². The van der Waals surface area contributed by atoms with Crippen molar-refractivity contribution < 1.29 is 23.5 Å². The van der Waals surface area contributed by atoms with Crippen molar-refractivity contribution in [3.05, 3.63) is 64.8 Å². The van der Waals surface area contributed by atoms with Gasteiger partial charge in [-0.05, 0) is 37.3 Å². The number of anilines is 4. The van der Waals surface area contributed by atoms with Crippen molar-refractivity contribution in [2.75, 3.05) is 47.8 Å². The molecule has 0 spiro atoms. The summed E-state index contributed by atoms with van der Waals surface area (Å²) in [5, 5.41) is 26.5. The highest BCUT2D eigenvalue weighted by Crippen LogP contribution is 2.45. The number of benzene rings is 2. The summed E-state index contributed by atoms with van der Waals surface area (Å²) in [6.45, 7) is 3.15. The largest absolute Gasteiger partial charge is 0.465 e. The Labute approximate surface area is 227 Å². The van der Waals surface area contributed by atoms with Crippen LogP contribution in [-0.2, 0) is 0 Å². The molecule has 3 aromatic rings. The van der Waals surface area contributed by atoms with Crippen molar-refractivity contribution in [1.82, 2.24) is 15.6 Å². The number of hydrogen-bond donors (Lipinski definition) is 4. The van der Waals surface area contributed by atoms with Crippen molar-refractivity contribution in [1.29, 1.82) is 5.26 Å². The number of urea groups is 1. The third kappa shape index (κ3) is 5.84. The zero-order chi connectivity index (χ0) is 28.1. The summed E-state index contributed by atoms with van der Waals surface area (Å²) in [7, 11) is 0. The molecule has 10 nitrogen and oxygen atoms in total. The van der Waals surface area contributed by atoms with E-state index in [2.05, 4.69) is 20.9 Å². The van der Waals surface area contributed by atoms with Crippen LogP contribution in [0.25, 0.3) is 11.1 Å². The molecule has 0 unspecified atom stereocenters. The number of carbonyl (C=O) groups excluding carboxylic acids is 1. The number of carboxylic acid groups (broad SMARTS) is 1. The van der Waals surface area contributed by atoms with E-state index in [-0.39, 0.29) is 35.8 Å². The molecule has 0 fully saturated rings. The number of halogens is 3. The fraction of sp³-hybridized carbons (Fsp3) is 0.231. The number of nitriles is 1. The molecule has 3 amide bonds. The van der Waals surface area contributed by atoms with Crippen molar-refractivity contribution >= 4 is 46.6 Å². The van der Waals surface area contributed by atoms with Crippen LogP contribution in [0.1, 0.15) is 12.5 Å². The molecule has 1 aliphatic rings. The van der Waals surface area contributed by atoms with Crippen LogP contribution in [0, 0.1) is 23.0 Å². The van der Waals surface area contributed by atoms with Gasteiger partial charge in [0, 0.05) is 55.7 Å². The first-order chi connectivity index (χ1) is 18.7. The molecule has 0 bridgehead atoms. The zero-order valence-corrected chi connectivity index (χ0v) is 21.5. The lowest BCUT2D eigenvalue weighted by Gasteiger charge is -2.28. The van der Waals surface area contributed by atoms with Crippen molar-refractivity contribution in [2.24, 2.45) is 0 Å². The number of carbonyl (C=O) groups is 2. The molecule has 0 atom stereocenters. The SMILES string of the molecule is CCN1C(=O)N(c2c(F)cc(NCCNCCNC(=O)O)cc2F)c2cc(C#N)ccc2-c2cc(Cl)cnc21. The van der Waals surface area contributed by atoms with Crippen LogP contribution in [0.4, 0.5) is 41.2 Å². The number of nitrogens with one attached hydrogen (secondary N) is 3. The van der Waals surface area contributed by atoms with Gasteiger partial charge in [-0.3, -0.25) is 9.80 Å². The number of nitrogens with zero attached hydrogens (tertiary/aromatic N) is 4. The highest BCUT2D eigenvalue weighted by atomic mass is 35.5. The van der Waals surface area contributed by atoms with E-state index < -0.39 is 29.4 Å². The summed E-state index contributed by atoms with van der Waals surface area (Å²) < 4.78 is 31.2. The van der Waals surface area contributed by atoms with E-state index in [0.717, 1.165) is 17.0 Å². The van der Waals surface area contributed by atoms with Crippen LogP contribution < -0.4 is 25.8 Å². The first-order valence-corrected chi connectivity index (χ1v) is 12.3. The van der Waals surface area contributed by atoms with E-state index in [1.807, 2.05) is 6.07 Å². The van der Waals surface area contributed by atoms with E-state index in [1.54, 1.807) is 25.1 Å². The van der Waals surface area contributed by atoms with Crippen LogP contribution in [0.3, 0.4) is 0 Å². The monoisotopic (exact) mass is 555 g/mol. The van der Waals surface area contributed by atoms with Gasteiger partial charge in [-0.1, -0.05) is 17.7 Å². The average molecular weight is 556 g/mol. The van der Waals surface area contributed by atoms with Gasteiger partial charge >= 0.3 is 12.1 Å². The Bertz CT molecular complexity index is 1440. The highest BCUT2D eigenvalue weighted by molar-refractivity contribution is 6.31. The number of amides is 3. The molecule has 1 aliphatic heterocycles. The first kappa shape index (κ1) is 27.6. The maximum absolute atomic E-state index is 15.6. The summed E-state index contributed by atoms with van der Waals surface area (Å²) in [5.74, 6) is -1.72. The fourth-order valence-electron chi connectivity index (χ4n) is 4.23. The molecule has 4 rings (SSSR count). The Morgan fingerprint density at radius 3 is 2.49 bits per heavy atom. The van der Waals surface area contributed by atoms with Gasteiger partial charge in [-0.2, -0.15) is 5.26 Å². The van der Waals surface area contributed by atoms with Gasteiger partial charge in [0.25, 0.3) is 0 Å². The minimum absolute atomic E-state index is 0.109. The lowest BCUT2D eigenvalue weighted by atomic mass is 10.0. The van der Waals surface area contributed by atoms with Crippen LogP contribution in [-0.4, -0.2) is 54.9 Å². The molecule has 202 valence electrons. The number of hydrogen-bond acceptors (Lipinski definition) is 6. The first-order valence-electron chi connectivity index (χ1n) is 12.0. The summed E-state index contributed by atoms with van der Waals surface area (Å²) in [6, 6.07) is 9.55. The molecule has 0 aliphatic carbocycles. The van der Waals surface area contributed by atoms with Crippen molar-refractivity contribution in [3.8, 4) is 17.2 Å². The zero-order valence-electron chi connectivity index (χ0n) is 20.8. The molecule has 13 heteroatoms. The van der Waals surface area contributed by atoms with Gasteiger partial charge in [-0.15, -0.1) is 0 Å². The van der Waals surface area contributed by atoms with Crippen LogP contribution in [0.15, 0.2) is 42.6 Å². The average Bonchev–Trinajstić information content (AvgIpc) is 2.99. The lowest BCUT2D eigenvalue weighted by Crippen LogP contribution is -2.41. The number of rotatable bonds is 9.